The molecule has 2 N–H and O–H groups in total. The van der Waals surface area contributed by atoms with Gasteiger partial charge in [0.25, 0.3) is 0 Å². The van der Waals surface area contributed by atoms with Crippen molar-refractivity contribution in [3.8, 4) is 5.88 Å². The second kappa shape index (κ2) is 7.64. The standard InChI is InChI=1S/C20H21N5O2/c1-22-15-8-11-26-12-9-16(15)25-17-7-10-23-20(18(17)19(21)24-25)27-13-14-5-3-2-4-6-14/h2-7,10,15-16H,8-9,11-13H2,(H2,21,24)/t15-,16?/m0/s1. The lowest BCUT2D eigenvalue weighted by Gasteiger charge is -2.16. The number of hydrogen-bond acceptors (Lipinski definition) is 5. The van der Waals surface area contributed by atoms with Gasteiger partial charge in [-0.2, -0.15) is 5.10 Å². The number of fused-ring (bicyclic) bond motifs is 1. The highest BCUT2D eigenvalue weighted by Crippen LogP contribution is 2.34. The Bertz CT molecular complexity index is 964. The molecule has 1 fully saturated rings. The van der Waals surface area contributed by atoms with Crippen LogP contribution in [0.15, 0.2) is 42.6 Å². The average Bonchev–Trinajstić information content (AvgIpc) is 2.89. The Kier molecular flexibility index (Phi) is 4.90. The van der Waals surface area contributed by atoms with Gasteiger partial charge in [0.15, 0.2) is 5.82 Å². The summed E-state index contributed by atoms with van der Waals surface area (Å²) >= 11 is 0. The zero-order valence-corrected chi connectivity index (χ0v) is 14.9. The lowest BCUT2D eigenvalue weighted by molar-refractivity contribution is 0.141. The maximum Gasteiger partial charge on any atom is 0.248 e. The molecule has 1 aliphatic heterocycles. The molecular formula is C20H21N5O2. The molecule has 1 unspecified atom stereocenters. The predicted molar refractivity (Wildman–Crippen MR) is 102 cm³/mol. The Labute approximate surface area is 157 Å². The normalized spacial score (nSPS) is 20.1. The lowest BCUT2D eigenvalue weighted by atomic mass is 10.0. The molecule has 138 valence electrons. The molecular weight excluding hydrogens is 342 g/mol. The number of nitrogens with zero attached hydrogens (tertiary/aromatic N) is 4. The molecule has 27 heavy (non-hydrogen) atoms. The maximum atomic E-state index is 7.55. The fraction of sp³-hybridized carbons (Fsp3) is 0.350. The molecule has 3 aromatic rings. The van der Waals surface area contributed by atoms with Crippen molar-refractivity contribution in [3.05, 3.63) is 59.6 Å². The van der Waals surface area contributed by atoms with E-state index in [-0.39, 0.29) is 12.1 Å². The van der Waals surface area contributed by atoms with Crippen LogP contribution >= 0.6 is 0 Å². The summed E-state index contributed by atoms with van der Waals surface area (Å²) in [5.74, 6) is 0.833. The molecule has 0 bridgehead atoms. The first-order valence-electron chi connectivity index (χ1n) is 9.01. The minimum atomic E-state index is -0.183. The SMILES string of the molecule is [C-]#[N+][C@H]1CCOCCC1n1nc(N)c2c(OCc3ccccc3)nccc21. The van der Waals surface area contributed by atoms with E-state index in [1.54, 1.807) is 6.20 Å². The van der Waals surface area contributed by atoms with Crippen LogP contribution in [0.3, 0.4) is 0 Å². The van der Waals surface area contributed by atoms with E-state index in [1.165, 1.54) is 0 Å². The zero-order valence-electron chi connectivity index (χ0n) is 14.9. The summed E-state index contributed by atoms with van der Waals surface area (Å²) in [4.78, 5) is 8.16. The van der Waals surface area contributed by atoms with E-state index in [0.29, 0.717) is 43.3 Å². The molecule has 7 heteroatoms. The van der Waals surface area contributed by atoms with E-state index in [4.69, 9.17) is 21.8 Å². The van der Waals surface area contributed by atoms with Crippen LogP contribution in [-0.2, 0) is 11.3 Å². The molecule has 0 amide bonds. The molecule has 0 radical (unpaired) electrons. The van der Waals surface area contributed by atoms with E-state index < -0.39 is 0 Å². The van der Waals surface area contributed by atoms with Gasteiger partial charge in [-0.05, 0) is 11.6 Å². The Balaban J connectivity index is 1.69. The fourth-order valence-electron chi connectivity index (χ4n) is 3.50. The van der Waals surface area contributed by atoms with E-state index >= 15 is 0 Å². The number of hydrogen-bond donors (Lipinski definition) is 1. The highest BCUT2D eigenvalue weighted by molar-refractivity contribution is 5.93. The summed E-state index contributed by atoms with van der Waals surface area (Å²) in [6, 6.07) is 11.5. The number of benzene rings is 1. The Hall–Kier alpha value is -3.11. The van der Waals surface area contributed by atoms with Crippen molar-refractivity contribution in [3.63, 3.8) is 0 Å². The fourth-order valence-corrected chi connectivity index (χ4v) is 3.50. The molecule has 1 aromatic carbocycles. The van der Waals surface area contributed by atoms with Crippen LogP contribution in [0, 0.1) is 6.57 Å². The molecule has 0 aliphatic carbocycles. The summed E-state index contributed by atoms with van der Waals surface area (Å²) in [5, 5.41) is 5.24. The number of rotatable bonds is 4. The third-order valence-corrected chi connectivity index (χ3v) is 4.87. The third-order valence-electron chi connectivity index (χ3n) is 4.87. The molecule has 4 rings (SSSR count). The first-order valence-corrected chi connectivity index (χ1v) is 9.01. The maximum absolute atomic E-state index is 7.55. The topological polar surface area (TPSA) is 79.5 Å². The average molecular weight is 363 g/mol. The second-order valence-corrected chi connectivity index (χ2v) is 6.57. The molecule has 7 nitrogen and oxygen atoms in total. The van der Waals surface area contributed by atoms with E-state index in [9.17, 15) is 0 Å². The summed E-state index contributed by atoms with van der Waals surface area (Å²) in [7, 11) is 0. The Morgan fingerprint density at radius 1 is 1.22 bits per heavy atom. The first-order chi connectivity index (χ1) is 13.3. The summed E-state index contributed by atoms with van der Waals surface area (Å²) < 4.78 is 13.4. The van der Waals surface area contributed by atoms with Gasteiger partial charge in [-0.25, -0.2) is 11.6 Å². The van der Waals surface area contributed by atoms with Crippen molar-refractivity contribution < 1.29 is 9.47 Å². The van der Waals surface area contributed by atoms with Crippen molar-refractivity contribution in [1.29, 1.82) is 0 Å². The van der Waals surface area contributed by atoms with Crippen molar-refractivity contribution in [2.24, 2.45) is 0 Å². The van der Waals surface area contributed by atoms with Crippen LogP contribution < -0.4 is 10.5 Å². The monoisotopic (exact) mass is 363 g/mol. The largest absolute Gasteiger partial charge is 0.472 e. The number of aromatic nitrogens is 3. The Morgan fingerprint density at radius 3 is 2.85 bits per heavy atom. The molecule has 2 atom stereocenters. The third kappa shape index (κ3) is 3.44. The van der Waals surface area contributed by atoms with Crippen LogP contribution in [-0.4, -0.2) is 34.0 Å². The van der Waals surface area contributed by atoms with Gasteiger partial charge in [0.1, 0.15) is 18.0 Å². The van der Waals surface area contributed by atoms with Crippen LogP contribution in [0.5, 0.6) is 5.88 Å². The van der Waals surface area contributed by atoms with Gasteiger partial charge in [0.05, 0.1) is 12.1 Å². The van der Waals surface area contributed by atoms with E-state index in [2.05, 4.69) is 14.9 Å². The molecule has 3 heterocycles. The second-order valence-electron chi connectivity index (χ2n) is 6.57. The summed E-state index contributed by atoms with van der Waals surface area (Å²) in [6.07, 6.45) is 3.12. The molecule has 2 aromatic heterocycles. The molecule has 0 saturated carbocycles. The van der Waals surface area contributed by atoms with Crippen LogP contribution in [0.2, 0.25) is 0 Å². The van der Waals surface area contributed by atoms with Crippen LogP contribution in [0.1, 0.15) is 24.4 Å². The van der Waals surface area contributed by atoms with Crippen molar-refractivity contribution >= 4 is 16.7 Å². The molecule has 1 aliphatic rings. The lowest BCUT2D eigenvalue weighted by Crippen LogP contribution is -2.22. The summed E-state index contributed by atoms with van der Waals surface area (Å²) in [6.45, 7) is 9.17. The van der Waals surface area contributed by atoms with Crippen LogP contribution in [0.4, 0.5) is 5.82 Å². The van der Waals surface area contributed by atoms with Gasteiger partial charge in [-0.15, -0.1) is 0 Å². The number of nitrogens with two attached hydrogens (primary N) is 1. The highest BCUT2D eigenvalue weighted by Gasteiger charge is 2.33. The quantitative estimate of drug-likeness (QED) is 0.720. The van der Waals surface area contributed by atoms with Gasteiger partial charge in [0.2, 0.25) is 11.9 Å². The highest BCUT2D eigenvalue weighted by atomic mass is 16.5. The zero-order chi connectivity index (χ0) is 18.6. The minimum absolute atomic E-state index is 0.0748. The van der Waals surface area contributed by atoms with E-state index in [1.807, 2.05) is 41.1 Å². The van der Waals surface area contributed by atoms with Crippen molar-refractivity contribution in [2.45, 2.75) is 31.5 Å². The van der Waals surface area contributed by atoms with Gasteiger partial charge in [-0.1, -0.05) is 30.3 Å². The smallest absolute Gasteiger partial charge is 0.248 e. The number of nitrogen functional groups attached to an aromatic ring is 1. The number of anilines is 1. The molecule has 0 spiro atoms. The number of pyridine rings is 1. The van der Waals surface area contributed by atoms with Gasteiger partial charge < -0.3 is 20.1 Å². The van der Waals surface area contributed by atoms with Crippen molar-refractivity contribution in [1.82, 2.24) is 14.8 Å². The summed E-state index contributed by atoms with van der Waals surface area (Å²) in [5.41, 5.74) is 8.11. The molecule has 1 saturated heterocycles. The first kappa shape index (κ1) is 17.3. The van der Waals surface area contributed by atoms with Gasteiger partial charge in [0, 0.05) is 25.6 Å². The van der Waals surface area contributed by atoms with Crippen molar-refractivity contribution in [2.75, 3.05) is 18.9 Å². The Morgan fingerprint density at radius 2 is 2.04 bits per heavy atom. The van der Waals surface area contributed by atoms with Crippen LogP contribution in [0.25, 0.3) is 15.7 Å². The van der Waals surface area contributed by atoms with E-state index in [0.717, 1.165) is 17.5 Å². The number of ether oxygens (including phenoxy) is 2. The minimum Gasteiger partial charge on any atom is -0.472 e. The van der Waals surface area contributed by atoms with Gasteiger partial charge >= 0.3 is 0 Å². The van der Waals surface area contributed by atoms with Gasteiger partial charge in [-0.3, -0.25) is 4.68 Å². The predicted octanol–water partition coefficient (Wildman–Crippen LogP) is 3.23.